The Bertz CT molecular complexity index is 266. The third-order valence-corrected chi connectivity index (χ3v) is 2.72. The minimum Gasteiger partial charge on any atom is -0.127 e. The van der Waals surface area contributed by atoms with Crippen LogP contribution in [0.25, 0.3) is 0 Å². The van der Waals surface area contributed by atoms with Crippen LogP contribution in [0.2, 0.25) is 0 Å². The van der Waals surface area contributed by atoms with E-state index >= 15 is 0 Å². The van der Waals surface area contributed by atoms with Crippen molar-refractivity contribution in [2.24, 2.45) is 0 Å². The quantitative estimate of drug-likeness (QED) is 0.644. The van der Waals surface area contributed by atoms with Gasteiger partial charge in [0.25, 0.3) is 0 Å². The molecule has 1 heteroatoms. The first-order valence-electron chi connectivity index (χ1n) is 4.93. The van der Waals surface area contributed by atoms with E-state index in [1.54, 1.807) is 0 Å². The first kappa shape index (κ1) is 10.6. The summed E-state index contributed by atoms with van der Waals surface area (Å²) in [5, 5.41) is 0. The van der Waals surface area contributed by atoms with Crippen molar-refractivity contribution in [3.8, 4) is 0 Å². The van der Waals surface area contributed by atoms with E-state index in [-0.39, 0.29) is 0 Å². The largest absolute Gasteiger partial charge is 0.127 e. The third-order valence-electron chi connectivity index (χ3n) is 2.45. The van der Waals surface area contributed by atoms with Crippen LogP contribution >= 0.6 is 11.6 Å². The van der Waals surface area contributed by atoms with Gasteiger partial charge in [-0.2, -0.15) is 0 Å². The lowest BCUT2D eigenvalue weighted by molar-refractivity contribution is 0.895. The molecule has 0 saturated carbocycles. The van der Waals surface area contributed by atoms with Gasteiger partial charge in [-0.1, -0.05) is 25.1 Å². The van der Waals surface area contributed by atoms with Gasteiger partial charge in [0.1, 0.15) is 0 Å². The van der Waals surface area contributed by atoms with Crippen molar-refractivity contribution in [2.45, 2.75) is 33.1 Å². The van der Waals surface area contributed by atoms with Gasteiger partial charge in [-0.05, 0) is 42.9 Å². The van der Waals surface area contributed by atoms with Crippen LogP contribution in [0.15, 0.2) is 18.2 Å². The molecule has 72 valence electrons. The van der Waals surface area contributed by atoms with Gasteiger partial charge in [0.15, 0.2) is 0 Å². The lowest BCUT2D eigenvalue weighted by Gasteiger charge is -2.10. The van der Waals surface area contributed by atoms with Crippen molar-refractivity contribution >= 4 is 11.6 Å². The zero-order valence-corrected chi connectivity index (χ0v) is 9.19. The molecule has 0 heterocycles. The molecule has 0 atom stereocenters. The van der Waals surface area contributed by atoms with Crippen molar-refractivity contribution in [1.29, 1.82) is 0 Å². The first-order chi connectivity index (χ1) is 6.29. The number of hydrogen-bond acceptors (Lipinski definition) is 0. The van der Waals surface area contributed by atoms with Gasteiger partial charge < -0.3 is 0 Å². The van der Waals surface area contributed by atoms with E-state index in [1.807, 2.05) is 0 Å². The minimum absolute atomic E-state index is 0.761. The number of hydrogen-bond donors (Lipinski definition) is 0. The molecule has 0 N–H and O–H groups in total. The summed E-state index contributed by atoms with van der Waals surface area (Å²) in [6.07, 6.45) is 3.33. The van der Waals surface area contributed by atoms with Crippen LogP contribution in [0.5, 0.6) is 0 Å². The number of halogens is 1. The fourth-order valence-electron chi connectivity index (χ4n) is 1.70. The number of rotatable bonds is 4. The molecule has 1 aromatic rings. The van der Waals surface area contributed by atoms with E-state index in [2.05, 4.69) is 32.0 Å². The average Bonchev–Trinajstić information content (AvgIpc) is 2.15. The fraction of sp³-hybridized carbons (Fsp3) is 0.500. The maximum Gasteiger partial charge on any atom is 0.0226 e. The Morgan fingerprint density at radius 1 is 1.31 bits per heavy atom. The van der Waals surface area contributed by atoms with Crippen LogP contribution in [-0.4, -0.2) is 5.88 Å². The molecule has 0 fully saturated rings. The molecular formula is C12H17Cl. The van der Waals surface area contributed by atoms with Crippen molar-refractivity contribution in [3.63, 3.8) is 0 Å². The highest BCUT2D eigenvalue weighted by molar-refractivity contribution is 6.17. The lowest BCUT2D eigenvalue weighted by Crippen LogP contribution is -1.96. The Labute approximate surface area is 85.9 Å². The van der Waals surface area contributed by atoms with Crippen LogP contribution in [0.4, 0.5) is 0 Å². The predicted octanol–water partition coefficient (Wildman–Crippen LogP) is 3.73. The molecule has 0 amide bonds. The topological polar surface area (TPSA) is 0 Å². The zero-order chi connectivity index (χ0) is 9.68. The number of benzene rings is 1. The predicted molar refractivity (Wildman–Crippen MR) is 59.6 cm³/mol. The molecule has 0 unspecified atom stereocenters. The molecule has 0 aromatic heterocycles. The second-order valence-corrected chi connectivity index (χ2v) is 3.74. The summed E-state index contributed by atoms with van der Waals surface area (Å²) >= 11 is 5.70. The van der Waals surface area contributed by atoms with E-state index in [9.17, 15) is 0 Å². The van der Waals surface area contributed by atoms with Gasteiger partial charge in [-0.3, -0.25) is 0 Å². The molecular weight excluding hydrogens is 180 g/mol. The number of aryl methyl sites for hydroxylation is 2. The highest BCUT2D eigenvalue weighted by atomic mass is 35.5. The Morgan fingerprint density at radius 2 is 2.08 bits per heavy atom. The van der Waals surface area contributed by atoms with Crippen LogP contribution < -0.4 is 0 Å². The number of alkyl halides is 1. The first-order valence-corrected chi connectivity index (χ1v) is 5.46. The average molecular weight is 197 g/mol. The summed E-state index contributed by atoms with van der Waals surface area (Å²) in [5.74, 6) is 0.761. The smallest absolute Gasteiger partial charge is 0.0226 e. The van der Waals surface area contributed by atoms with Crippen LogP contribution in [0.1, 0.15) is 30.0 Å². The Hall–Kier alpha value is -0.490. The Morgan fingerprint density at radius 3 is 2.69 bits per heavy atom. The van der Waals surface area contributed by atoms with Crippen LogP contribution in [-0.2, 0) is 12.8 Å². The monoisotopic (exact) mass is 196 g/mol. The van der Waals surface area contributed by atoms with Crippen molar-refractivity contribution in [3.05, 3.63) is 34.9 Å². The van der Waals surface area contributed by atoms with E-state index in [4.69, 9.17) is 11.6 Å². The molecule has 0 radical (unpaired) electrons. The molecule has 0 spiro atoms. The molecule has 1 rings (SSSR count). The summed E-state index contributed by atoms with van der Waals surface area (Å²) in [4.78, 5) is 0. The highest BCUT2D eigenvalue weighted by Gasteiger charge is 2.02. The van der Waals surface area contributed by atoms with Gasteiger partial charge in [-0.25, -0.2) is 0 Å². The van der Waals surface area contributed by atoms with Crippen LogP contribution in [0.3, 0.4) is 0 Å². The molecule has 0 bridgehead atoms. The van der Waals surface area contributed by atoms with Gasteiger partial charge in [0, 0.05) is 5.88 Å². The summed E-state index contributed by atoms with van der Waals surface area (Å²) in [6.45, 7) is 4.39. The molecule has 0 aliphatic rings. The van der Waals surface area contributed by atoms with Gasteiger partial charge in [0.05, 0.1) is 0 Å². The molecule has 0 aliphatic carbocycles. The molecule has 0 saturated heterocycles. The van der Waals surface area contributed by atoms with E-state index in [1.165, 1.54) is 16.7 Å². The molecule has 13 heavy (non-hydrogen) atoms. The lowest BCUT2D eigenvalue weighted by atomic mass is 9.97. The summed E-state index contributed by atoms with van der Waals surface area (Å²) in [5.41, 5.74) is 4.39. The van der Waals surface area contributed by atoms with Gasteiger partial charge >= 0.3 is 0 Å². The van der Waals surface area contributed by atoms with Crippen LogP contribution in [0, 0.1) is 6.92 Å². The molecule has 1 aromatic carbocycles. The standard InChI is InChI=1S/C12H17Cl/c1-3-11-7-4-6-10(2)12(11)8-5-9-13/h4,6-7H,3,5,8-9H2,1-2H3. The summed E-state index contributed by atoms with van der Waals surface area (Å²) in [6, 6.07) is 6.54. The van der Waals surface area contributed by atoms with Crippen molar-refractivity contribution in [2.75, 3.05) is 5.88 Å². The second-order valence-electron chi connectivity index (χ2n) is 3.36. The highest BCUT2D eigenvalue weighted by Crippen LogP contribution is 2.16. The third kappa shape index (κ3) is 2.73. The van der Waals surface area contributed by atoms with E-state index < -0.39 is 0 Å². The maximum absolute atomic E-state index is 5.70. The van der Waals surface area contributed by atoms with E-state index in [0.29, 0.717) is 0 Å². The fourth-order valence-corrected chi connectivity index (χ4v) is 1.83. The Kier molecular flexibility index (Phi) is 4.31. The molecule has 0 aliphatic heterocycles. The molecule has 0 nitrogen and oxygen atoms in total. The van der Waals surface area contributed by atoms with E-state index in [0.717, 1.165) is 25.1 Å². The summed E-state index contributed by atoms with van der Waals surface area (Å²) < 4.78 is 0. The minimum atomic E-state index is 0.761. The summed E-state index contributed by atoms with van der Waals surface area (Å²) in [7, 11) is 0. The van der Waals surface area contributed by atoms with Crippen molar-refractivity contribution < 1.29 is 0 Å². The SMILES string of the molecule is CCc1cccc(C)c1CCCCl. The Balaban J connectivity index is 2.87. The van der Waals surface area contributed by atoms with Crippen molar-refractivity contribution in [1.82, 2.24) is 0 Å². The van der Waals surface area contributed by atoms with Gasteiger partial charge in [0.2, 0.25) is 0 Å². The normalized spacial score (nSPS) is 10.4. The maximum atomic E-state index is 5.70. The van der Waals surface area contributed by atoms with Gasteiger partial charge in [-0.15, -0.1) is 11.6 Å². The zero-order valence-electron chi connectivity index (χ0n) is 8.44. The second kappa shape index (κ2) is 5.29.